The van der Waals surface area contributed by atoms with E-state index in [-0.39, 0.29) is 5.56 Å². The first-order valence-electron chi connectivity index (χ1n) is 7.68. The zero-order chi connectivity index (χ0) is 16.4. The molecule has 3 rings (SSSR count). The predicted molar refractivity (Wildman–Crippen MR) is 88.9 cm³/mol. The van der Waals surface area contributed by atoms with E-state index in [0.29, 0.717) is 24.7 Å². The molecule has 7 nitrogen and oxygen atoms in total. The van der Waals surface area contributed by atoms with Crippen molar-refractivity contribution in [1.82, 2.24) is 24.6 Å². The average Bonchev–Trinajstić information content (AvgIpc) is 2.94. The van der Waals surface area contributed by atoms with Gasteiger partial charge in [0.25, 0.3) is 5.56 Å². The Hall–Kier alpha value is -2.70. The Morgan fingerprint density at radius 3 is 2.87 bits per heavy atom. The highest BCUT2D eigenvalue weighted by Gasteiger charge is 2.09. The molecule has 7 heteroatoms. The van der Waals surface area contributed by atoms with Crippen LogP contribution in [0.5, 0.6) is 0 Å². The zero-order valence-corrected chi connectivity index (χ0v) is 13.5. The lowest BCUT2D eigenvalue weighted by molar-refractivity contribution is 0.804. The molecule has 3 aromatic rings. The number of fused-ring (bicyclic) bond motifs is 1. The molecule has 0 radical (unpaired) electrons. The molecule has 0 amide bonds. The molecule has 23 heavy (non-hydrogen) atoms. The van der Waals surface area contributed by atoms with Gasteiger partial charge in [0.15, 0.2) is 5.65 Å². The minimum Gasteiger partial charge on any atom is -0.369 e. The van der Waals surface area contributed by atoms with Gasteiger partial charge in [-0.25, -0.2) is 9.97 Å². The summed E-state index contributed by atoms with van der Waals surface area (Å²) in [4.78, 5) is 23.1. The summed E-state index contributed by atoms with van der Waals surface area (Å²) in [6.45, 7) is 6.68. The van der Waals surface area contributed by atoms with E-state index in [1.54, 1.807) is 10.7 Å². The summed E-state index contributed by atoms with van der Waals surface area (Å²) in [6.07, 6.45) is 2.36. The fraction of sp³-hybridized carbons (Fsp3) is 0.375. The monoisotopic (exact) mass is 312 g/mol. The van der Waals surface area contributed by atoms with Crippen molar-refractivity contribution in [3.05, 3.63) is 52.0 Å². The summed E-state index contributed by atoms with van der Waals surface area (Å²) in [5, 5.41) is 7.65. The largest absolute Gasteiger partial charge is 0.369 e. The van der Waals surface area contributed by atoms with Crippen molar-refractivity contribution in [2.45, 2.75) is 33.1 Å². The maximum atomic E-state index is 11.5. The van der Waals surface area contributed by atoms with Crippen molar-refractivity contribution in [1.29, 1.82) is 0 Å². The molecule has 0 aliphatic heterocycles. The van der Waals surface area contributed by atoms with Gasteiger partial charge in [0.1, 0.15) is 11.6 Å². The maximum Gasteiger partial charge on any atom is 0.251 e. The fourth-order valence-corrected chi connectivity index (χ4v) is 2.42. The number of aromatic nitrogens is 5. The summed E-state index contributed by atoms with van der Waals surface area (Å²) >= 11 is 0. The van der Waals surface area contributed by atoms with Crippen LogP contribution in [0.25, 0.3) is 5.65 Å². The molecule has 2 N–H and O–H groups in total. The van der Waals surface area contributed by atoms with Gasteiger partial charge in [-0.15, -0.1) is 0 Å². The van der Waals surface area contributed by atoms with Gasteiger partial charge in [-0.3, -0.25) is 4.79 Å². The highest BCUT2D eigenvalue weighted by atomic mass is 16.1. The molecule has 0 fully saturated rings. The molecule has 0 aromatic carbocycles. The molecule has 3 aromatic heterocycles. The van der Waals surface area contributed by atoms with E-state index in [0.717, 1.165) is 22.9 Å². The minimum atomic E-state index is -0.118. The van der Waals surface area contributed by atoms with Crippen LogP contribution in [0.3, 0.4) is 0 Å². The van der Waals surface area contributed by atoms with Crippen LogP contribution in [-0.4, -0.2) is 31.1 Å². The number of aromatic amines is 1. The third-order valence-corrected chi connectivity index (χ3v) is 3.56. The van der Waals surface area contributed by atoms with E-state index in [1.165, 1.54) is 6.07 Å². The van der Waals surface area contributed by atoms with E-state index in [9.17, 15) is 4.79 Å². The Bertz CT molecular complexity index is 880. The van der Waals surface area contributed by atoms with Gasteiger partial charge in [-0.1, -0.05) is 13.8 Å². The second-order valence-electron chi connectivity index (χ2n) is 5.83. The predicted octanol–water partition coefficient (Wildman–Crippen LogP) is 1.90. The van der Waals surface area contributed by atoms with Crippen LogP contribution in [0, 0.1) is 6.92 Å². The molecule has 0 atom stereocenters. The van der Waals surface area contributed by atoms with Crippen molar-refractivity contribution in [3.8, 4) is 0 Å². The smallest absolute Gasteiger partial charge is 0.251 e. The molecular weight excluding hydrogens is 292 g/mol. The maximum absolute atomic E-state index is 11.5. The second kappa shape index (κ2) is 6.20. The van der Waals surface area contributed by atoms with Gasteiger partial charge in [-0.05, 0) is 12.8 Å². The standard InChI is InChI=1S/C16H20N6O/c1-10(2)12-9-15(22-14(20-12)5-7-18-22)17-6-4-13-19-11(3)8-16(23)21-13/h5,7-10,17H,4,6H2,1-3H3,(H,19,21,23). The Morgan fingerprint density at radius 1 is 1.30 bits per heavy atom. The SMILES string of the molecule is Cc1cc(=O)[nH]c(CCNc2cc(C(C)C)nc3ccnn23)n1. The van der Waals surface area contributed by atoms with Crippen LogP contribution in [-0.2, 0) is 6.42 Å². The van der Waals surface area contributed by atoms with Crippen LogP contribution in [0.1, 0.15) is 37.0 Å². The van der Waals surface area contributed by atoms with Crippen molar-refractivity contribution in [2.75, 3.05) is 11.9 Å². The third-order valence-electron chi connectivity index (χ3n) is 3.56. The van der Waals surface area contributed by atoms with Gasteiger partial charge in [0.2, 0.25) is 0 Å². The van der Waals surface area contributed by atoms with Gasteiger partial charge >= 0.3 is 0 Å². The normalized spacial score (nSPS) is 11.3. The Balaban J connectivity index is 1.78. The number of nitrogens with one attached hydrogen (secondary N) is 2. The fourth-order valence-electron chi connectivity index (χ4n) is 2.42. The highest BCUT2D eigenvalue weighted by Crippen LogP contribution is 2.18. The molecule has 0 spiro atoms. The van der Waals surface area contributed by atoms with Gasteiger partial charge in [0, 0.05) is 42.6 Å². The molecule has 0 bridgehead atoms. The first kappa shape index (κ1) is 15.2. The van der Waals surface area contributed by atoms with Gasteiger partial charge in [0.05, 0.1) is 6.20 Å². The lowest BCUT2D eigenvalue weighted by Gasteiger charge is -2.12. The number of hydrogen-bond acceptors (Lipinski definition) is 5. The van der Waals surface area contributed by atoms with Crippen LogP contribution in [0.15, 0.2) is 29.2 Å². The molecule has 0 saturated heterocycles. The Morgan fingerprint density at radius 2 is 2.13 bits per heavy atom. The molecule has 0 saturated carbocycles. The van der Waals surface area contributed by atoms with Crippen LogP contribution >= 0.6 is 0 Å². The van der Waals surface area contributed by atoms with Crippen LogP contribution in [0.2, 0.25) is 0 Å². The third kappa shape index (κ3) is 3.39. The molecular formula is C16H20N6O. The van der Waals surface area contributed by atoms with Crippen molar-refractivity contribution in [3.63, 3.8) is 0 Å². The second-order valence-corrected chi connectivity index (χ2v) is 5.83. The Kier molecular flexibility index (Phi) is 4.10. The zero-order valence-electron chi connectivity index (χ0n) is 13.5. The minimum absolute atomic E-state index is 0.118. The van der Waals surface area contributed by atoms with Crippen molar-refractivity contribution < 1.29 is 0 Å². The summed E-state index contributed by atoms with van der Waals surface area (Å²) < 4.78 is 1.78. The highest BCUT2D eigenvalue weighted by molar-refractivity contribution is 5.49. The summed E-state index contributed by atoms with van der Waals surface area (Å²) in [5.41, 5.74) is 2.44. The van der Waals surface area contributed by atoms with Crippen molar-refractivity contribution >= 4 is 11.5 Å². The topological polar surface area (TPSA) is 88.0 Å². The van der Waals surface area contributed by atoms with E-state index in [1.807, 2.05) is 19.1 Å². The quantitative estimate of drug-likeness (QED) is 0.751. The molecule has 120 valence electrons. The van der Waals surface area contributed by atoms with Crippen LogP contribution < -0.4 is 10.9 Å². The first-order chi connectivity index (χ1) is 11.0. The van der Waals surface area contributed by atoms with E-state index < -0.39 is 0 Å². The lowest BCUT2D eigenvalue weighted by Crippen LogP contribution is -2.16. The number of anilines is 1. The number of hydrogen-bond donors (Lipinski definition) is 2. The summed E-state index contributed by atoms with van der Waals surface area (Å²) in [6, 6.07) is 5.38. The number of nitrogens with zero attached hydrogens (tertiary/aromatic N) is 4. The van der Waals surface area contributed by atoms with Crippen molar-refractivity contribution in [2.24, 2.45) is 0 Å². The molecule has 3 heterocycles. The summed E-state index contributed by atoms with van der Waals surface area (Å²) in [5.74, 6) is 1.90. The van der Waals surface area contributed by atoms with Gasteiger partial charge < -0.3 is 10.3 Å². The number of aryl methyl sites for hydroxylation is 1. The molecule has 0 unspecified atom stereocenters. The van der Waals surface area contributed by atoms with E-state index >= 15 is 0 Å². The van der Waals surface area contributed by atoms with E-state index in [2.05, 4.69) is 39.2 Å². The summed E-state index contributed by atoms with van der Waals surface area (Å²) in [7, 11) is 0. The van der Waals surface area contributed by atoms with Gasteiger partial charge in [-0.2, -0.15) is 9.61 Å². The Labute approximate surface area is 133 Å². The molecule has 0 aliphatic rings. The lowest BCUT2D eigenvalue weighted by atomic mass is 10.1. The first-order valence-corrected chi connectivity index (χ1v) is 7.68. The average molecular weight is 312 g/mol. The number of rotatable bonds is 5. The number of H-pyrrole nitrogens is 1. The van der Waals surface area contributed by atoms with Crippen LogP contribution in [0.4, 0.5) is 5.82 Å². The van der Waals surface area contributed by atoms with E-state index in [4.69, 9.17) is 0 Å². The molecule has 0 aliphatic carbocycles.